The van der Waals surface area contributed by atoms with Crippen LogP contribution in [0.5, 0.6) is 0 Å². The van der Waals surface area contributed by atoms with E-state index in [9.17, 15) is 9.59 Å². The monoisotopic (exact) mass is 478 g/mol. The number of nitrogens with one attached hydrogen (secondary N) is 1. The highest BCUT2D eigenvalue weighted by molar-refractivity contribution is 6.29. The molecule has 0 radical (unpaired) electrons. The van der Waals surface area contributed by atoms with E-state index in [0.29, 0.717) is 5.15 Å². The van der Waals surface area contributed by atoms with Crippen LogP contribution >= 0.6 is 11.6 Å². The molecule has 1 amide bonds. The second-order valence-corrected chi connectivity index (χ2v) is 9.64. The van der Waals surface area contributed by atoms with Crippen molar-refractivity contribution in [1.29, 1.82) is 0 Å². The number of carbonyl (C=O) groups is 2. The lowest BCUT2D eigenvalue weighted by Crippen LogP contribution is -2.46. The van der Waals surface area contributed by atoms with Crippen LogP contribution in [0, 0.1) is 0 Å². The summed E-state index contributed by atoms with van der Waals surface area (Å²) in [5.41, 5.74) is 4.57. The lowest BCUT2D eigenvalue weighted by atomic mass is 9.98. The van der Waals surface area contributed by atoms with E-state index < -0.39 is 23.7 Å². The average Bonchev–Trinajstić information content (AvgIpc) is 3.11. The van der Waals surface area contributed by atoms with Crippen LogP contribution in [0.15, 0.2) is 66.9 Å². The van der Waals surface area contributed by atoms with Crippen LogP contribution in [0.4, 0.5) is 4.79 Å². The Morgan fingerprint density at radius 3 is 2.18 bits per heavy atom. The minimum atomic E-state index is -0.933. The SMILES string of the molecule is CC(C)(C)OC(=O)[C@H](Cc1ccc(Cl)nc1)NC(=O)OCC1c2ccccc2-c2ccccc21. The van der Waals surface area contributed by atoms with Gasteiger partial charge in [-0.3, -0.25) is 0 Å². The molecule has 6 nitrogen and oxygen atoms in total. The summed E-state index contributed by atoms with van der Waals surface area (Å²) in [5, 5.41) is 3.03. The van der Waals surface area contributed by atoms with Gasteiger partial charge < -0.3 is 14.8 Å². The molecule has 3 aromatic rings. The number of alkyl carbamates (subject to hydrolysis) is 1. The molecule has 34 heavy (non-hydrogen) atoms. The van der Waals surface area contributed by atoms with E-state index in [1.54, 1.807) is 39.1 Å². The number of halogens is 1. The molecule has 1 aromatic heterocycles. The summed E-state index contributed by atoms with van der Waals surface area (Å²) in [6.07, 6.45) is 1.09. The minimum Gasteiger partial charge on any atom is -0.458 e. The van der Waals surface area contributed by atoms with Crippen molar-refractivity contribution in [2.24, 2.45) is 0 Å². The maximum absolute atomic E-state index is 12.8. The molecule has 0 aliphatic heterocycles. The first-order valence-corrected chi connectivity index (χ1v) is 11.5. The zero-order chi connectivity index (χ0) is 24.3. The number of nitrogens with zero attached hydrogens (tertiary/aromatic N) is 1. The van der Waals surface area contributed by atoms with Gasteiger partial charge in [0.25, 0.3) is 0 Å². The largest absolute Gasteiger partial charge is 0.458 e. The number of fused-ring (bicyclic) bond motifs is 3. The lowest BCUT2D eigenvalue weighted by Gasteiger charge is -2.24. The smallest absolute Gasteiger partial charge is 0.407 e. The number of aromatic nitrogens is 1. The molecule has 0 unspecified atom stereocenters. The van der Waals surface area contributed by atoms with Crippen LogP contribution in [0.1, 0.15) is 43.4 Å². The Balaban J connectivity index is 1.46. The van der Waals surface area contributed by atoms with Crippen molar-refractivity contribution in [1.82, 2.24) is 10.3 Å². The van der Waals surface area contributed by atoms with E-state index in [-0.39, 0.29) is 18.9 Å². The topological polar surface area (TPSA) is 77.5 Å². The molecule has 0 saturated heterocycles. The highest BCUT2D eigenvalue weighted by Gasteiger charge is 2.31. The molecular weight excluding hydrogens is 452 g/mol. The maximum Gasteiger partial charge on any atom is 0.407 e. The lowest BCUT2D eigenvalue weighted by molar-refractivity contribution is -0.157. The van der Waals surface area contributed by atoms with E-state index in [2.05, 4.69) is 34.6 Å². The van der Waals surface area contributed by atoms with Gasteiger partial charge in [0.15, 0.2) is 0 Å². The van der Waals surface area contributed by atoms with Crippen molar-refractivity contribution in [2.45, 2.75) is 44.8 Å². The van der Waals surface area contributed by atoms with Gasteiger partial charge in [0, 0.05) is 18.5 Å². The summed E-state index contributed by atoms with van der Waals surface area (Å²) in [4.78, 5) is 29.6. The predicted molar refractivity (Wildman–Crippen MR) is 131 cm³/mol. The van der Waals surface area contributed by atoms with Crippen LogP contribution < -0.4 is 5.32 Å². The van der Waals surface area contributed by atoms with Gasteiger partial charge >= 0.3 is 12.1 Å². The van der Waals surface area contributed by atoms with Gasteiger partial charge in [-0.25, -0.2) is 14.6 Å². The second-order valence-electron chi connectivity index (χ2n) is 9.25. The summed E-state index contributed by atoms with van der Waals surface area (Å²) in [6, 6.07) is 18.7. The van der Waals surface area contributed by atoms with Gasteiger partial charge in [-0.05, 0) is 54.7 Å². The van der Waals surface area contributed by atoms with Gasteiger partial charge in [-0.1, -0.05) is 66.2 Å². The number of rotatable bonds is 6. The molecule has 0 fully saturated rings. The Bertz CT molecular complexity index is 1140. The third kappa shape index (κ3) is 5.57. The zero-order valence-electron chi connectivity index (χ0n) is 19.4. The van der Waals surface area contributed by atoms with Crippen molar-refractivity contribution >= 4 is 23.7 Å². The number of carbonyl (C=O) groups excluding carboxylic acids is 2. The fourth-order valence-electron chi connectivity index (χ4n) is 4.11. The quantitative estimate of drug-likeness (QED) is 0.372. The highest BCUT2D eigenvalue weighted by Crippen LogP contribution is 2.44. The van der Waals surface area contributed by atoms with Crippen LogP contribution in [-0.4, -0.2) is 35.3 Å². The first-order valence-electron chi connectivity index (χ1n) is 11.2. The summed E-state index contributed by atoms with van der Waals surface area (Å²) < 4.78 is 11.1. The molecular formula is C27H27ClN2O4. The van der Waals surface area contributed by atoms with Crippen molar-refractivity contribution in [3.05, 3.63) is 88.7 Å². The number of esters is 1. The summed E-state index contributed by atoms with van der Waals surface area (Å²) in [6.45, 7) is 5.49. The van der Waals surface area contributed by atoms with E-state index >= 15 is 0 Å². The number of amides is 1. The van der Waals surface area contributed by atoms with Gasteiger partial charge in [-0.2, -0.15) is 0 Å². The van der Waals surface area contributed by atoms with Crippen molar-refractivity contribution in [2.75, 3.05) is 6.61 Å². The van der Waals surface area contributed by atoms with Crippen LogP contribution in [0.3, 0.4) is 0 Å². The molecule has 0 saturated carbocycles. The molecule has 2 aromatic carbocycles. The van der Waals surface area contributed by atoms with Crippen molar-refractivity contribution in [3.8, 4) is 11.1 Å². The molecule has 1 N–H and O–H groups in total. The molecule has 1 heterocycles. The fourth-order valence-corrected chi connectivity index (χ4v) is 4.22. The van der Waals surface area contributed by atoms with Crippen LogP contribution in [-0.2, 0) is 20.7 Å². The van der Waals surface area contributed by atoms with Crippen LogP contribution in [0.2, 0.25) is 5.15 Å². The van der Waals surface area contributed by atoms with E-state index in [0.717, 1.165) is 27.8 Å². The van der Waals surface area contributed by atoms with E-state index in [1.807, 2.05) is 24.3 Å². The Kier molecular flexibility index (Phi) is 6.89. The average molecular weight is 479 g/mol. The Morgan fingerprint density at radius 2 is 1.62 bits per heavy atom. The number of ether oxygens (including phenoxy) is 2. The molecule has 1 aliphatic carbocycles. The molecule has 1 atom stereocenters. The minimum absolute atomic E-state index is 0.0707. The third-order valence-electron chi connectivity index (χ3n) is 5.56. The maximum atomic E-state index is 12.8. The fraction of sp³-hybridized carbons (Fsp3) is 0.296. The van der Waals surface area contributed by atoms with Gasteiger partial charge in [0.2, 0.25) is 0 Å². The van der Waals surface area contributed by atoms with Gasteiger partial charge in [0.05, 0.1) is 0 Å². The van der Waals surface area contributed by atoms with Crippen LogP contribution in [0.25, 0.3) is 11.1 Å². The Labute approximate surface area is 204 Å². The van der Waals surface area contributed by atoms with Crippen molar-refractivity contribution in [3.63, 3.8) is 0 Å². The summed E-state index contributed by atoms with van der Waals surface area (Å²) in [7, 11) is 0. The number of benzene rings is 2. The second kappa shape index (κ2) is 9.85. The van der Waals surface area contributed by atoms with Gasteiger partial charge in [0.1, 0.15) is 23.4 Å². The standard InChI is InChI=1S/C27H27ClN2O4/c1-27(2,3)34-25(31)23(14-17-12-13-24(28)29-15-17)30-26(32)33-16-22-20-10-6-4-8-18(20)19-9-5-7-11-21(19)22/h4-13,15,22-23H,14,16H2,1-3H3,(H,30,32)/t23-/m0/s1. The predicted octanol–water partition coefficient (Wildman–Crippen LogP) is 5.53. The molecule has 0 bridgehead atoms. The number of hydrogen-bond donors (Lipinski definition) is 1. The van der Waals surface area contributed by atoms with E-state index in [1.165, 1.54) is 0 Å². The summed E-state index contributed by atoms with van der Waals surface area (Å²) in [5.74, 6) is -0.616. The first-order chi connectivity index (χ1) is 16.2. The van der Waals surface area contributed by atoms with E-state index in [4.69, 9.17) is 21.1 Å². The first kappa shape index (κ1) is 23.8. The number of hydrogen-bond acceptors (Lipinski definition) is 5. The van der Waals surface area contributed by atoms with Gasteiger partial charge in [-0.15, -0.1) is 0 Å². The number of pyridine rings is 1. The van der Waals surface area contributed by atoms with Crippen molar-refractivity contribution < 1.29 is 19.1 Å². The molecule has 176 valence electrons. The molecule has 1 aliphatic rings. The molecule has 7 heteroatoms. The molecule has 4 rings (SSSR count). The normalized spacial score (nSPS) is 13.5. The Morgan fingerprint density at radius 1 is 1.00 bits per heavy atom. The third-order valence-corrected chi connectivity index (χ3v) is 5.78. The summed E-state index contributed by atoms with van der Waals surface area (Å²) >= 11 is 5.87. The highest BCUT2D eigenvalue weighted by atomic mass is 35.5. The zero-order valence-corrected chi connectivity index (χ0v) is 20.1. The Hall–Kier alpha value is -3.38. The molecule has 0 spiro atoms.